The second-order valence-electron chi connectivity index (χ2n) is 6.45. The van der Waals surface area contributed by atoms with Crippen molar-refractivity contribution in [3.8, 4) is 11.3 Å². The molecule has 28 heavy (non-hydrogen) atoms. The van der Waals surface area contributed by atoms with Gasteiger partial charge in [-0.3, -0.25) is 4.79 Å². The minimum absolute atomic E-state index is 0.155. The molecular formula is C22H20N2O4. The summed E-state index contributed by atoms with van der Waals surface area (Å²) in [5.41, 5.74) is 6.23. The quantitative estimate of drug-likeness (QED) is 0.503. The van der Waals surface area contributed by atoms with Crippen LogP contribution in [0.1, 0.15) is 32.8 Å². The summed E-state index contributed by atoms with van der Waals surface area (Å²) in [4.78, 5) is 23.4. The third kappa shape index (κ3) is 4.54. The van der Waals surface area contributed by atoms with Crippen molar-refractivity contribution in [3.05, 3.63) is 82.6 Å². The van der Waals surface area contributed by atoms with Crippen LogP contribution >= 0.6 is 0 Å². The fourth-order valence-electron chi connectivity index (χ4n) is 2.82. The Balaban J connectivity index is 1.65. The van der Waals surface area contributed by atoms with Crippen LogP contribution in [0.15, 0.2) is 64.1 Å². The molecule has 3 aromatic rings. The molecule has 142 valence electrons. The Morgan fingerprint density at radius 3 is 2.68 bits per heavy atom. The number of hydrogen-bond acceptors (Lipinski definition) is 4. The summed E-state index contributed by atoms with van der Waals surface area (Å²) in [5.74, 6) is -0.433. The molecule has 0 unspecified atom stereocenters. The van der Waals surface area contributed by atoms with E-state index < -0.39 is 5.97 Å². The molecule has 2 N–H and O–H groups in total. The molecule has 0 bridgehead atoms. The van der Waals surface area contributed by atoms with Crippen LogP contribution in [0.3, 0.4) is 0 Å². The zero-order valence-electron chi connectivity index (χ0n) is 15.6. The van der Waals surface area contributed by atoms with E-state index in [-0.39, 0.29) is 17.9 Å². The first-order valence-corrected chi connectivity index (χ1v) is 8.74. The van der Waals surface area contributed by atoms with Gasteiger partial charge in [0.1, 0.15) is 11.5 Å². The minimum atomic E-state index is -1.03. The van der Waals surface area contributed by atoms with E-state index >= 15 is 0 Å². The fraction of sp³-hybridized carbons (Fsp3) is 0.136. The number of carboxylic acid groups (broad SMARTS) is 1. The highest BCUT2D eigenvalue weighted by Crippen LogP contribution is 2.25. The minimum Gasteiger partial charge on any atom is -0.478 e. The molecule has 0 saturated carbocycles. The van der Waals surface area contributed by atoms with Gasteiger partial charge in [0, 0.05) is 5.56 Å². The molecule has 1 aromatic heterocycles. The molecule has 0 saturated heterocycles. The molecule has 0 spiro atoms. The molecule has 0 fully saturated rings. The van der Waals surface area contributed by atoms with Crippen molar-refractivity contribution >= 4 is 18.1 Å². The van der Waals surface area contributed by atoms with Crippen molar-refractivity contribution in [3.63, 3.8) is 0 Å². The largest absolute Gasteiger partial charge is 0.478 e. The van der Waals surface area contributed by atoms with Gasteiger partial charge in [0.25, 0.3) is 0 Å². The number of amides is 1. The summed E-state index contributed by atoms with van der Waals surface area (Å²) in [6, 6.07) is 15.9. The predicted molar refractivity (Wildman–Crippen MR) is 106 cm³/mol. The van der Waals surface area contributed by atoms with Gasteiger partial charge in [-0.05, 0) is 43.2 Å². The second-order valence-corrected chi connectivity index (χ2v) is 6.45. The van der Waals surface area contributed by atoms with E-state index in [0.717, 1.165) is 16.7 Å². The monoisotopic (exact) mass is 376 g/mol. The average Bonchev–Trinajstić information content (AvgIpc) is 3.13. The SMILES string of the molecule is Cc1ccc(C)c(CC(=O)N/N=C\c2ccc(-c3ccccc3C(=O)O)o2)c1. The van der Waals surface area contributed by atoms with E-state index in [1.807, 2.05) is 32.0 Å². The Hall–Kier alpha value is -3.67. The van der Waals surface area contributed by atoms with E-state index in [1.165, 1.54) is 12.3 Å². The Labute approximate surface area is 162 Å². The summed E-state index contributed by atoms with van der Waals surface area (Å²) >= 11 is 0. The number of rotatable bonds is 6. The summed E-state index contributed by atoms with van der Waals surface area (Å²) in [6.45, 7) is 3.95. The third-order valence-corrected chi connectivity index (χ3v) is 4.29. The van der Waals surface area contributed by atoms with Crippen LogP contribution in [0.2, 0.25) is 0 Å². The normalized spacial score (nSPS) is 10.9. The van der Waals surface area contributed by atoms with Gasteiger partial charge in [0.15, 0.2) is 0 Å². The predicted octanol–water partition coefficient (Wildman–Crippen LogP) is 3.95. The van der Waals surface area contributed by atoms with Crippen LogP contribution in [-0.4, -0.2) is 23.2 Å². The maximum absolute atomic E-state index is 12.1. The lowest BCUT2D eigenvalue weighted by Gasteiger charge is -2.05. The number of aryl methyl sites for hydroxylation is 2. The number of carboxylic acids is 1. The van der Waals surface area contributed by atoms with Crippen LogP contribution in [-0.2, 0) is 11.2 Å². The number of furan rings is 1. The number of carbonyl (C=O) groups excluding carboxylic acids is 1. The van der Waals surface area contributed by atoms with Crippen molar-refractivity contribution in [2.24, 2.45) is 5.10 Å². The average molecular weight is 376 g/mol. The number of hydrogen-bond donors (Lipinski definition) is 2. The molecule has 3 rings (SSSR count). The number of hydrazone groups is 1. The Kier molecular flexibility index (Phi) is 5.69. The first-order chi connectivity index (χ1) is 13.4. The summed E-state index contributed by atoms with van der Waals surface area (Å²) in [5, 5.41) is 13.2. The number of benzene rings is 2. The molecule has 6 heteroatoms. The lowest BCUT2D eigenvalue weighted by Crippen LogP contribution is -2.20. The van der Waals surface area contributed by atoms with E-state index in [2.05, 4.69) is 10.5 Å². The topological polar surface area (TPSA) is 91.9 Å². The van der Waals surface area contributed by atoms with Gasteiger partial charge in [-0.2, -0.15) is 5.10 Å². The molecule has 0 aliphatic rings. The molecule has 1 heterocycles. The maximum atomic E-state index is 12.1. The highest BCUT2D eigenvalue weighted by Gasteiger charge is 2.13. The molecule has 6 nitrogen and oxygen atoms in total. The Bertz CT molecular complexity index is 1050. The number of nitrogens with one attached hydrogen (secondary N) is 1. The fourth-order valence-corrected chi connectivity index (χ4v) is 2.82. The Morgan fingerprint density at radius 2 is 1.89 bits per heavy atom. The van der Waals surface area contributed by atoms with Gasteiger partial charge in [-0.15, -0.1) is 0 Å². The molecule has 2 aromatic carbocycles. The van der Waals surface area contributed by atoms with Crippen molar-refractivity contribution in [2.45, 2.75) is 20.3 Å². The Morgan fingerprint density at radius 1 is 1.11 bits per heavy atom. The molecule has 1 amide bonds. The standard InChI is InChI=1S/C22H20N2O4/c1-14-7-8-15(2)16(11-14)12-21(25)24-23-13-17-9-10-20(28-17)18-5-3-4-6-19(18)22(26)27/h3-11,13H,12H2,1-2H3,(H,24,25)(H,26,27)/b23-13-. The van der Waals surface area contributed by atoms with Gasteiger partial charge in [0.05, 0.1) is 18.2 Å². The van der Waals surface area contributed by atoms with Crippen molar-refractivity contribution in [1.82, 2.24) is 5.43 Å². The lowest BCUT2D eigenvalue weighted by atomic mass is 10.0. The number of aromatic carboxylic acids is 1. The lowest BCUT2D eigenvalue weighted by molar-refractivity contribution is -0.120. The second kappa shape index (κ2) is 8.35. The van der Waals surface area contributed by atoms with Gasteiger partial charge < -0.3 is 9.52 Å². The van der Waals surface area contributed by atoms with E-state index in [4.69, 9.17) is 4.42 Å². The first kappa shape index (κ1) is 19.1. The third-order valence-electron chi connectivity index (χ3n) is 4.29. The van der Waals surface area contributed by atoms with Crippen LogP contribution < -0.4 is 5.43 Å². The van der Waals surface area contributed by atoms with Gasteiger partial charge >= 0.3 is 5.97 Å². The summed E-state index contributed by atoms with van der Waals surface area (Å²) < 4.78 is 5.63. The van der Waals surface area contributed by atoms with Crippen molar-refractivity contribution < 1.29 is 19.1 Å². The first-order valence-electron chi connectivity index (χ1n) is 8.74. The number of carbonyl (C=O) groups is 2. The molecule has 0 aliphatic heterocycles. The smallest absolute Gasteiger partial charge is 0.336 e. The highest BCUT2D eigenvalue weighted by molar-refractivity contribution is 5.95. The van der Waals surface area contributed by atoms with Crippen LogP contribution in [0.25, 0.3) is 11.3 Å². The van der Waals surface area contributed by atoms with E-state index in [1.54, 1.807) is 30.3 Å². The van der Waals surface area contributed by atoms with E-state index in [0.29, 0.717) is 17.1 Å². The van der Waals surface area contributed by atoms with Crippen LogP contribution in [0, 0.1) is 13.8 Å². The zero-order valence-corrected chi connectivity index (χ0v) is 15.6. The van der Waals surface area contributed by atoms with Crippen molar-refractivity contribution in [2.75, 3.05) is 0 Å². The van der Waals surface area contributed by atoms with Gasteiger partial charge in [-0.25, -0.2) is 10.2 Å². The van der Waals surface area contributed by atoms with Crippen LogP contribution in [0.4, 0.5) is 0 Å². The maximum Gasteiger partial charge on any atom is 0.336 e. The van der Waals surface area contributed by atoms with Gasteiger partial charge in [-0.1, -0.05) is 42.0 Å². The summed E-state index contributed by atoms with van der Waals surface area (Å²) in [7, 11) is 0. The molecule has 0 atom stereocenters. The number of nitrogens with zero attached hydrogens (tertiary/aromatic N) is 1. The highest BCUT2D eigenvalue weighted by atomic mass is 16.4. The molecule has 0 radical (unpaired) electrons. The van der Waals surface area contributed by atoms with Crippen molar-refractivity contribution in [1.29, 1.82) is 0 Å². The zero-order chi connectivity index (χ0) is 20.1. The molecule has 0 aliphatic carbocycles. The van der Waals surface area contributed by atoms with Gasteiger partial charge in [0.2, 0.25) is 5.91 Å². The molecular weight excluding hydrogens is 356 g/mol. The van der Waals surface area contributed by atoms with E-state index in [9.17, 15) is 14.7 Å². The summed E-state index contributed by atoms with van der Waals surface area (Å²) in [6.07, 6.45) is 1.62. The van der Waals surface area contributed by atoms with Crippen LogP contribution in [0.5, 0.6) is 0 Å².